The lowest BCUT2D eigenvalue weighted by Crippen LogP contribution is -2.43. The summed E-state index contributed by atoms with van der Waals surface area (Å²) in [6.07, 6.45) is 3.48. The minimum absolute atomic E-state index is 0.243. The molecule has 1 heterocycles. The molecule has 0 bridgehead atoms. The van der Waals surface area contributed by atoms with Gasteiger partial charge in [0.2, 0.25) is 0 Å². The van der Waals surface area contributed by atoms with Gasteiger partial charge in [-0.1, -0.05) is 141 Å². The van der Waals surface area contributed by atoms with Crippen LogP contribution in [0.4, 0.5) is 0 Å². The molecule has 50 heavy (non-hydrogen) atoms. The van der Waals surface area contributed by atoms with E-state index >= 15 is 0 Å². The Morgan fingerprint density at radius 1 is 0.420 bits per heavy atom. The van der Waals surface area contributed by atoms with Crippen molar-refractivity contribution in [2.45, 2.75) is 116 Å². The third-order valence-electron chi connectivity index (χ3n) is 11.4. The molecule has 1 aromatic heterocycles. The van der Waals surface area contributed by atoms with Crippen molar-refractivity contribution in [3.05, 3.63) is 67.9 Å². The van der Waals surface area contributed by atoms with E-state index in [4.69, 9.17) is 56.4 Å². The molecule has 262 valence electrons. The summed E-state index contributed by atoms with van der Waals surface area (Å²) in [5.41, 5.74) is 14.4. The van der Waals surface area contributed by atoms with Gasteiger partial charge in [-0.25, -0.2) is 0 Å². The van der Waals surface area contributed by atoms with Crippen molar-refractivity contribution in [3.63, 3.8) is 0 Å². The number of rotatable bonds is 6. The first kappa shape index (κ1) is 38.9. The number of hydrogen-bond donors (Lipinski definition) is 0. The zero-order valence-electron chi connectivity index (χ0n) is 31.3. The Morgan fingerprint density at radius 3 is 0.980 bits per heavy atom. The van der Waals surface area contributed by atoms with Crippen LogP contribution in [0.25, 0.3) is 43.4 Å². The lowest BCUT2D eigenvalue weighted by Gasteiger charge is -2.38. The molecule has 0 saturated heterocycles. The van der Waals surface area contributed by atoms with E-state index in [-0.39, 0.29) is 10.0 Å². The first-order valence-electron chi connectivity index (χ1n) is 17.8. The maximum absolute atomic E-state index is 6.95. The quantitative estimate of drug-likeness (QED) is 0.0564. The smallest absolute Gasteiger partial charge is 0.146 e. The van der Waals surface area contributed by atoms with Crippen LogP contribution in [0.1, 0.15) is 94.2 Å². The molecule has 0 aliphatic heterocycles. The lowest BCUT2D eigenvalue weighted by molar-refractivity contribution is 0.838. The van der Waals surface area contributed by atoms with E-state index in [0.717, 1.165) is 54.5 Å². The third kappa shape index (κ3) is 6.27. The summed E-state index contributed by atoms with van der Waals surface area (Å²) in [4.78, 5) is 9.45. The Bertz CT molecular complexity index is 2060. The average molecular weight is 779 g/mol. The molecule has 0 aliphatic rings. The van der Waals surface area contributed by atoms with E-state index in [2.05, 4.69) is 130 Å². The van der Waals surface area contributed by atoms with Crippen molar-refractivity contribution in [3.8, 4) is 22.9 Å². The molecule has 0 aliphatic carbocycles. The average Bonchev–Trinajstić information content (AvgIpc) is 3.05. The molecule has 0 atom stereocenters. The molecule has 0 saturated carbocycles. The summed E-state index contributed by atoms with van der Waals surface area (Å²) in [5.74, 6) is 7.70. The van der Waals surface area contributed by atoms with E-state index in [1.807, 2.05) is 0 Å². The van der Waals surface area contributed by atoms with E-state index in [9.17, 15) is 0 Å². The van der Waals surface area contributed by atoms with Crippen LogP contribution in [-0.4, -0.2) is 26.1 Å². The molecule has 0 N–H and O–H groups in total. The molecule has 0 radical (unpaired) electrons. The van der Waals surface area contributed by atoms with Crippen molar-refractivity contribution in [2.24, 2.45) is 0 Å². The highest BCUT2D eigenvalue weighted by Crippen LogP contribution is 2.47. The predicted octanol–water partition coefficient (Wildman–Crippen LogP) is 14.8. The second kappa shape index (κ2) is 14.6. The van der Waals surface area contributed by atoms with Crippen LogP contribution in [-0.2, 0) is 0 Å². The maximum atomic E-state index is 6.95. The van der Waals surface area contributed by atoms with Gasteiger partial charge in [-0.2, -0.15) is 0 Å². The molecule has 2 nitrogen and oxygen atoms in total. The van der Waals surface area contributed by atoms with Crippen LogP contribution >= 0.6 is 46.4 Å². The van der Waals surface area contributed by atoms with Crippen molar-refractivity contribution in [1.29, 1.82) is 0 Å². The number of halogens is 4. The molecular formula is C42H48Cl4N2Si2. The molecule has 0 fully saturated rings. The first-order valence-corrected chi connectivity index (χ1v) is 23.7. The van der Waals surface area contributed by atoms with Crippen molar-refractivity contribution < 1.29 is 0 Å². The summed E-state index contributed by atoms with van der Waals surface area (Å²) < 4.78 is 0. The van der Waals surface area contributed by atoms with Gasteiger partial charge in [0.1, 0.15) is 16.1 Å². The molecule has 8 heteroatoms. The Labute approximate surface area is 321 Å². The molecule has 5 aromatic rings. The van der Waals surface area contributed by atoms with Gasteiger partial charge in [-0.3, -0.25) is 9.97 Å². The number of benzene rings is 4. The SMILES string of the molecule is CC(C)[Si](C#Cc1c2cc3nccnc3cc2c(C#C[Si](C(C)C)(C(C)C)C(C)C)c2cc3c(Cl)c(Cl)c(Cl)c(Cl)c3cc12)(C(C)C)C(C)C. The predicted molar refractivity (Wildman–Crippen MR) is 228 cm³/mol. The van der Waals surface area contributed by atoms with Crippen molar-refractivity contribution >= 4 is 106 Å². The van der Waals surface area contributed by atoms with Gasteiger partial charge < -0.3 is 0 Å². The summed E-state index contributed by atoms with van der Waals surface area (Å²) in [5, 5.41) is 6.64. The summed E-state index contributed by atoms with van der Waals surface area (Å²) in [6.45, 7) is 28.1. The van der Waals surface area contributed by atoms with Gasteiger partial charge in [0, 0.05) is 45.1 Å². The van der Waals surface area contributed by atoms with E-state index < -0.39 is 16.1 Å². The fourth-order valence-electron chi connectivity index (χ4n) is 9.00. The Hall–Kier alpha value is -2.29. The Balaban J connectivity index is 2.11. The topological polar surface area (TPSA) is 25.8 Å². The standard InChI is InChI=1S/C42H48Cl4N2Si2/c1-23(2)49(24(3)4,25(5)6)17-13-29-31-19-35-36(40(44)42(46)41(45)39(35)43)20-32(31)30(14-18-50(26(7)8,27(9)10)28(11)12)34-22-38-37(21-33(29)34)47-15-16-48-38/h15-16,19-28H,1-12H3. The molecule has 0 unspecified atom stereocenters. The highest BCUT2D eigenvalue weighted by Gasteiger charge is 2.43. The normalized spacial score (nSPS) is 12.8. The molecular weight excluding hydrogens is 730 g/mol. The lowest BCUT2D eigenvalue weighted by atomic mass is 9.90. The van der Waals surface area contributed by atoms with Crippen LogP contribution in [0, 0.1) is 22.9 Å². The van der Waals surface area contributed by atoms with E-state index in [1.165, 1.54) is 0 Å². The highest BCUT2D eigenvalue weighted by molar-refractivity contribution is 6.91. The number of hydrogen-bond acceptors (Lipinski definition) is 2. The summed E-state index contributed by atoms with van der Waals surface area (Å²) >= 11 is 27.2. The fourth-order valence-corrected chi connectivity index (χ4v) is 20.4. The van der Waals surface area contributed by atoms with Gasteiger partial charge in [-0.05, 0) is 68.3 Å². The van der Waals surface area contributed by atoms with E-state index in [1.54, 1.807) is 12.4 Å². The zero-order valence-corrected chi connectivity index (χ0v) is 36.4. The maximum Gasteiger partial charge on any atom is 0.146 e. The van der Waals surface area contributed by atoms with Crippen LogP contribution in [0.2, 0.25) is 53.3 Å². The highest BCUT2D eigenvalue weighted by atomic mass is 35.5. The molecule has 4 aromatic carbocycles. The van der Waals surface area contributed by atoms with Gasteiger partial charge >= 0.3 is 0 Å². The molecule has 0 spiro atoms. The summed E-state index contributed by atoms with van der Waals surface area (Å²) in [7, 11) is -4.23. The van der Waals surface area contributed by atoms with Gasteiger partial charge in [0.25, 0.3) is 0 Å². The van der Waals surface area contributed by atoms with Gasteiger partial charge in [0.05, 0.1) is 31.1 Å². The number of nitrogens with zero attached hydrogens (tertiary/aromatic N) is 2. The minimum Gasteiger partial charge on any atom is -0.253 e. The van der Waals surface area contributed by atoms with E-state index in [0.29, 0.717) is 43.3 Å². The third-order valence-corrected chi connectivity index (χ3v) is 25.8. The molecule has 0 amide bonds. The van der Waals surface area contributed by atoms with Gasteiger partial charge in [-0.15, -0.1) is 11.1 Å². The van der Waals surface area contributed by atoms with Crippen LogP contribution < -0.4 is 0 Å². The number of aromatic nitrogens is 2. The van der Waals surface area contributed by atoms with Crippen LogP contribution in [0.15, 0.2) is 36.7 Å². The fraction of sp³-hybridized carbons (Fsp3) is 0.429. The van der Waals surface area contributed by atoms with Crippen LogP contribution in [0.3, 0.4) is 0 Å². The second-order valence-electron chi connectivity index (χ2n) is 15.7. The second-order valence-corrected chi connectivity index (χ2v) is 28.4. The van der Waals surface area contributed by atoms with Gasteiger partial charge in [0.15, 0.2) is 0 Å². The zero-order chi connectivity index (χ0) is 37.0. The Kier molecular flexibility index (Phi) is 11.4. The first-order chi connectivity index (χ1) is 23.4. The van der Waals surface area contributed by atoms with Crippen LogP contribution in [0.5, 0.6) is 0 Å². The van der Waals surface area contributed by atoms with Crippen molar-refractivity contribution in [1.82, 2.24) is 9.97 Å². The number of fused-ring (bicyclic) bond motifs is 4. The summed E-state index contributed by atoms with van der Waals surface area (Å²) in [6, 6.07) is 8.47. The Morgan fingerprint density at radius 2 is 0.700 bits per heavy atom. The monoisotopic (exact) mass is 776 g/mol. The minimum atomic E-state index is -2.12. The van der Waals surface area contributed by atoms with Crippen molar-refractivity contribution in [2.75, 3.05) is 0 Å². The largest absolute Gasteiger partial charge is 0.253 e. The molecule has 5 rings (SSSR count).